The van der Waals surface area contributed by atoms with Crippen molar-refractivity contribution in [3.8, 4) is 0 Å². The minimum absolute atomic E-state index is 0.898. The first kappa shape index (κ1) is 25.7. The fraction of sp³-hybridized carbons (Fsp3) is 0.375. The molecule has 0 bridgehead atoms. The number of benzene rings is 2. The Morgan fingerprint density at radius 3 is 2.28 bits per heavy atom. The highest BCUT2D eigenvalue weighted by Crippen LogP contribution is 2.32. The van der Waals surface area contributed by atoms with Crippen LogP contribution >= 0.6 is 0 Å². The summed E-state index contributed by atoms with van der Waals surface area (Å²) in [4.78, 5) is 0. The van der Waals surface area contributed by atoms with Gasteiger partial charge in [-0.2, -0.15) is 0 Å². The average molecular weight is 427 g/mol. The number of hydrogen-bond acceptors (Lipinski definition) is 0. The molecule has 0 unspecified atom stereocenters. The average Bonchev–Trinajstić information content (AvgIpc) is 2.74. The zero-order chi connectivity index (χ0) is 23.5. The molecule has 1 aliphatic rings. The summed E-state index contributed by atoms with van der Waals surface area (Å²) < 4.78 is 0. The molecule has 0 heterocycles. The van der Waals surface area contributed by atoms with Crippen molar-refractivity contribution in [1.29, 1.82) is 0 Å². The third-order valence-electron chi connectivity index (χ3n) is 5.65. The lowest BCUT2D eigenvalue weighted by atomic mass is 9.85. The Kier molecular flexibility index (Phi) is 10.5. The van der Waals surface area contributed by atoms with Crippen LogP contribution in [0.1, 0.15) is 72.8 Å². The Labute approximate surface area is 197 Å². The number of hydrogen-bond donors (Lipinski definition) is 0. The van der Waals surface area contributed by atoms with Gasteiger partial charge < -0.3 is 0 Å². The number of allylic oxidation sites excluding steroid dienone is 9. The van der Waals surface area contributed by atoms with Crippen molar-refractivity contribution in [2.45, 2.75) is 73.6 Å². The molecule has 3 rings (SSSR count). The van der Waals surface area contributed by atoms with Crippen LogP contribution in [0.25, 0.3) is 10.8 Å². The monoisotopic (exact) mass is 426 g/mol. The van der Waals surface area contributed by atoms with Crippen LogP contribution in [-0.4, -0.2) is 0 Å². The van der Waals surface area contributed by atoms with Crippen LogP contribution in [0, 0.1) is 5.92 Å². The third kappa shape index (κ3) is 7.83. The van der Waals surface area contributed by atoms with E-state index in [1.54, 1.807) is 0 Å². The van der Waals surface area contributed by atoms with Crippen LogP contribution < -0.4 is 0 Å². The van der Waals surface area contributed by atoms with E-state index >= 15 is 0 Å². The summed E-state index contributed by atoms with van der Waals surface area (Å²) in [6.45, 7) is 17.4. The van der Waals surface area contributed by atoms with Gasteiger partial charge in [-0.15, -0.1) is 0 Å². The quantitative estimate of drug-likeness (QED) is 0.386. The molecule has 0 heteroatoms. The highest BCUT2D eigenvalue weighted by Gasteiger charge is 2.14. The normalized spacial score (nSPS) is 13.5. The predicted molar refractivity (Wildman–Crippen MR) is 145 cm³/mol. The molecular formula is C32H42. The fourth-order valence-corrected chi connectivity index (χ4v) is 4.33. The Morgan fingerprint density at radius 1 is 1.00 bits per heavy atom. The van der Waals surface area contributed by atoms with Gasteiger partial charge >= 0.3 is 0 Å². The van der Waals surface area contributed by atoms with Gasteiger partial charge in [-0.25, -0.2) is 0 Å². The van der Waals surface area contributed by atoms with E-state index in [1.165, 1.54) is 51.5 Å². The molecule has 0 fully saturated rings. The van der Waals surface area contributed by atoms with Crippen molar-refractivity contribution < 1.29 is 0 Å². The van der Waals surface area contributed by atoms with Gasteiger partial charge in [0.05, 0.1) is 0 Å². The zero-order valence-electron chi connectivity index (χ0n) is 21.2. The number of rotatable bonds is 7. The molecule has 0 amide bonds. The summed E-state index contributed by atoms with van der Waals surface area (Å²) in [5.74, 6) is 0.898. The van der Waals surface area contributed by atoms with Crippen molar-refractivity contribution in [3.63, 3.8) is 0 Å². The molecule has 0 saturated heterocycles. The molecule has 0 radical (unpaired) electrons. The lowest BCUT2D eigenvalue weighted by Crippen LogP contribution is -2.02. The molecule has 0 atom stereocenters. The summed E-state index contributed by atoms with van der Waals surface area (Å²) in [7, 11) is 0. The summed E-state index contributed by atoms with van der Waals surface area (Å²) >= 11 is 0. The highest BCUT2D eigenvalue weighted by atomic mass is 14.2. The molecule has 170 valence electrons. The van der Waals surface area contributed by atoms with Crippen molar-refractivity contribution in [2.24, 2.45) is 5.92 Å². The van der Waals surface area contributed by atoms with Gasteiger partial charge in [0, 0.05) is 0 Å². The van der Waals surface area contributed by atoms with E-state index in [0.29, 0.717) is 0 Å². The topological polar surface area (TPSA) is 0 Å². The van der Waals surface area contributed by atoms with E-state index in [4.69, 9.17) is 0 Å². The first-order valence-corrected chi connectivity index (χ1v) is 12.2. The molecule has 0 aliphatic heterocycles. The van der Waals surface area contributed by atoms with Crippen LogP contribution in [0.5, 0.6) is 0 Å². The fourth-order valence-electron chi connectivity index (χ4n) is 4.33. The summed E-state index contributed by atoms with van der Waals surface area (Å²) in [5, 5.41) is 2.64. The molecule has 0 aromatic heterocycles. The van der Waals surface area contributed by atoms with Gasteiger partial charge in [0.15, 0.2) is 0 Å². The highest BCUT2D eigenvalue weighted by molar-refractivity contribution is 5.86. The lowest BCUT2D eigenvalue weighted by Gasteiger charge is -2.19. The molecule has 2 aromatic carbocycles. The van der Waals surface area contributed by atoms with Crippen molar-refractivity contribution >= 4 is 10.8 Å². The molecule has 0 spiro atoms. The van der Waals surface area contributed by atoms with Crippen LogP contribution in [0.4, 0.5) is 0 Å². The molecule has 2 aromatic rings. The van der Waals surface area contributed by atoms with Crippen molar-refractivity contribution in [3.05, 3.63) is 107 Å². The molecular weight excluding hydrogens is 384 g/mol. The molecule has 1 aliphatic carbocycles. The first-order chi connectivity index (χ1) is 15.3. The van der Waals surface area contributed by atoms with Gasteiger partial charge in [-0.05, 0) is 79.0 Å². The molecule has 0 N–H and O–H groups in total. The maximum atomic E-state index is 4.15. The third-order valence-corrected chi connectivity index (χ3v) is 5.65. The first-order valence-electron chi connectivity index (χ1n) is 12.2. The summed E-state index contributed by atoms with van der Waals surface area (Å²) in [6.07, 6.45) is 15.1. The van der Waals surface area contributed by atoms with Gasteiger partial charge in [0.25, 0.3) is 0 Å². The smallest absolute Gasteiger partial charge is 0.00134 e. The van der Waals surface area contributed by atoms with Gasteiger partial charge in [0.1, 0.15) is 0 Å². The lowest BCUT2D eigenvalue weighted by molar-refractivity contribution is 0.576. The maximum Gasteiger partial charge on any atom is -0.00134 e. The Hall–Kier alpha value is -2.60. The molecule has 0 nitrogen and oxygen atoms in total. The number of fused-ring (bicyclic) bond motifs is 1. The molecule has 32 heavy (non-hydrogen) atoms. The van der Waals surface area contributed by atoms with E-state index in [-0.39, 0.29) is 0 Å². The van der Waals surface area contributed by atoms with Crippen LogP contribution in [0.2, 0.25) is 0 Å². The largest absolute Gasteiger partial charge is 0.0961 e. The Bertz CT molecular complexity index is 1010. The van der Waals surface area contributed by atoms with Gasteiger partial charge in [0.2, 0.25) is 0 Å². The van der Waals surface area contributed by atoms with E-state index in [9.17, 15) is 0 Å². The summed E-state index contributed by atoms with van der Waals surface area (Å²) in [6, 6.07) is 15.3. The van der Waals surface area contributed by atoms with E-state index in [0.717, 1.165) is 30.8 Å². The Morgan fingerprint density at radius 2 is 1.72 bits per heavy atom. The van der Waals surface area contributed by atoms with Gasteiger partial charge in [-0.3, -0.25) is 0 Å². The van der Waals surface area contributed by atoms with Crippen molar-refractivity contribution in [1.82, 2.24) is 0 Å². The Balaban J connectivity index is 0.000000534. The minimum atomic E-state index is 0.898. The van der Waals surface area contributed by atoms with Crippen LogP contribution in [0.3, 0.4) is 0 Å². The predicted octanol–water partition coefficient (Wildman–Crippen LogP) is 9.94. The van der Waals surface area contributed by atoms with Crippen LogP contribution in [0.15, 0.2) is 101 Å². The second-order valence-electron chi connectivity index (χ2n) is 9.53. The van der Waals surface area contributed by atoms with E-state index in [1.807, 2.05) is 0 Å². The zero-order valence-corrected chi connectivity index (χ0v) is 21.2. The minimum Gasteiger partial charge on any atom is -0.0961 e. The van der Waals surface area contributed by atoms with E-state index in [2.05, 4.69) is 115 Å². The second kappa shape index (κ2) is 13.1. The second-order valence-corrected chi connectivity index (χ2v) is 9.53. The molecule has 0 saturated carbocycles. The standard InChI is InChI=1S/C26H28.C6H14/c1-19(2)17-24(26(20(3)4)22-12-6-5-7-13-22)18-23-15-10-14-21-11-8-9-16-25(21)23;1-4-5-6(2)3/h6,8-17H,1,5,7,18H2,2-4H3;6H,4-5H2,1-3H3/b24-17-;. The van der Waals surface area contributed by atoms with Crippen molar-refractivity contribution in [2.75, 3.05) is 0 Å². The SMILES string of the molecule is C=C(C)/C=C(/Cc1cccc2ccccc12)C(C1=CCCC=C1)=C(C)C.CCCC(C)C. The van der Waals surface area contributed by atoms with Crippen LogP contribution in [-0.2, 0) is 6.42 Å². The van der Waals surface area contributed by atoms with Gasteiger partial charge in [-0.1, -0.05) is 118 Å². The van der Waals surface area contributed by atoms with E-state index < -0.39 is 0 Å². The summed E-state index contributed by atoms with van der Waals surface area (Å²) in [5.41, 5.74) is 7.90. The maximum absolute atomic E-state index is 4.15.